The molecule has 0 saturated carbocycles. The molecule has 0 aliphatic carbocycles. The summed E-state index contributed by atoms with van der Waals surface area (Å²) in [5.41, 5.74) is 0.677. The monoisotopic (exact) mass is 218 g/mol. The van der Waals surface area contributed by atoms with Gasteiger partial charge in [0, 0.05) is 6.20 Å². The molecular weight excluding hydrogens is 204 g/mol. The number of carbonyl (C=O) groups excluding carboxylic acids is 1. The van der Waals surface area contributed by atoms with Crippen molar-refractivity contribution in [3.05, 3.63) is 24.0 Å². The van der Waals surface area contributed by atoms with Crippen LogP contribution in [-0.4, -0.2) is 16.1 Å². The molecule has 1 heterocycles. The number of nitriles is 1. The van der Waals surface area contributed by atoms with E-state index in [0.717, 1.165) is 0 Å². The number of nitrogens with zero attached hydrogens (tertiary/aromatic N) is 3. The molecule has 1 unspecified atom stereocenters. The maximum absolute atomic E-state index is 11.6. The molecule has 0 aliphatic rings. The number of hydrogen-bond donors (Lipinski definition) is 1. The van der Waals surface area contributed by atoms with Crippen molar-refractivity contribution in [1.29, 1.82) is 5.26 Å². The van der Waals surface area contributed by atoms with Crippen LogP contribution in [0.2, 0.25) is 0 Å². The summed E-state index contributed by atoms with van der Waals surface area (Å²) in [5.74, 6) is -0.869. The number of aromatic nitrogens is 2. The largest absolute Gasteiger partial charge is 0.349 e. The molecule has 0 bridgehead atoms. The molecule has 0 aromatic carbocycles. The van der Waals surface area contributed by atoms with E-state index in [4.69, 9.17) is 5.26 Å². The smallest absolute Gasteiger partial charge is 0.237 e. The van der Waals surface area contributed by atoms with Crippen LogP contribution in [0.25, 0.3) is 0 Å². The van der Waals surface area contributed by atoms with E-state index >= 15 is 0 Å². The molecule has 1 aromatic heterocycles. The van der Waals surface area contributed by atoms with Gasteiger partial charge >= 0.3 is 0 Å². The van der Waals surface area contributed by atoms with Gasteiger partial charge in [0.1, 0.15) is 5.92 Å². The van der Waals surface area contributed by atoms with Gasteiger partial charge in [-0.1, -0.05) is 13.8 Å². The van der Waals surface area contributed by atoms with Crippen molar-refractivity contribution < 1.29 is 4.79 Å². The number of rotatable bonds is 4. The lowest BCUT2D eigenvalue weighted by molar-refractivity contribution is -0.124. The fraction of sp³-hybridized carbons (Fsp3) is 0.455. The molecule has 1 aromatic rings. The first-order chi connectivity index (χ1) is 7.65. The van der Waals surface area contributed by atoms with Crippen molar-refractivity contribution >= 4 is 5.91 Å². The minimum atomic E-state index is -0.614. The van der Waals surface area contributed by atoms with Crippen LogP contribution in [0.1, 0.15) is 19.5 Å². The van der Waals surface area contributed by atoms with E-state index in [2.05, 4.69) is 15.5 Å². The number of amides is 1. The molecule has 0 aliphatic heterocycles. The summed E-state index contributed by atoms with van der Waals surface area (Å²) in [4.78, 5) is 11.6. The third kappa shape index (κ3) is 3.31. The average molecular weight is 218 g/mol. The highest BCUT2D eigenvalue weighted by Crippen LogP contribution is 2.09. The van der Waals surface area contributed by atoms with Crippen LogP contribution in [0.5, 0.6) is 0 Å². The molecular formula is C11H14N4O. The Balaban J connectivity index is 2.50. The molecule has 0 spiro atoms. The Kier molecular flexibility index (Phi) is 4.40. The Morgan fingerprint density at radius 2 is 2.38 bits per heavy atom. The average Bonchev–Trinajstić information content (AvgIpc) is 2.28. The zero-order valence-corrected chi connectivity index (χ0v) is 9.34. The molecule has 1 atom stereocenters. The van der Waals surface area contributed by atoms with Crippen LogP contribution >= 0.6 is 0 Å². The summed E-state index contributed by atoms with van der Waals surface area (Å²) < 4.78 is 0. The van der Waals surface area contributed by atoms with Gasteiger partial charge in [-0.2, -0.15) is 15.5 Å². The van der Waals surface area contributed by atoms with Gasteiger partial charge in [0.2, 0.25) is 5.91 Å². The van der Waals surface area contributed by atoms with E-state index in [-0.39, 0.29) is 11.8 Å². The molecule has 0 fully saturated rings. The quantitative estimate of drug-likeness (QED) is 0.814. The molecule has 1 rings (SSSR count). The third-order valence-corrected chi connectivity index (χ3v) is 2.16. The lowest BCUT2D eigenvalue weighted by Gasteiger charge is -2.12. The lowest BCUT2D eigenvalue weighted by Crippen LogP contribution is -2.32. The van der Waals surface area contributed by atoms with E-state index in [1.807, 2.05) is 19.9 Å². The predicted molar refractivity (Wildman–Crippen MR) is 57.8 cm³/mol. The van der Waals surface area contributed by atoms with Gasteiger partial charge in [0.05, 0.1) is 18.3 Å². The molecule has 0 radical (unpaired) electrons. The minimum absolute atomic E-state index is 0.00635. The van der Waals surface area contributed by atoms with E-state index in [0.29, 0.717) is 12.2 Å². The van der Waals surface area contributed by atoms with Gasteiger partial charge in [-0.15, -0.1) is 0 Å². The van der Waals surface area contributed by atoms with E-state index < -0.39 is 5.92 Å². The SMILES string of the molecule is CC(C)C(C#N)C(=O)NCc1cccnn1. The van der Waals surface area contributed by atoms with Crippen LogP contribution < -0.4 is 5.32 Å². The molecule has 1 amide bonds. The number of nitrogens with one attached hydrogen (secondary N) is 1. The Morgan fingerprint density at radius 1 is 1.62 bits per heavy atom. The van der Waals surface area contributed by atoms with E-state index in [9.17, 15) is 4.79 Å². The highest BCUT2D eigenvalue weighted by molar-refractivity contribution is 5.81. The van der Waals surface area contributed by atoms with Crippen molar-refractivity contribution in [3.63, 3.8) is 0 Å². The Labute approximate surface area is 94.5 Å². The standard InChI is InChI=1S/C11H14N4O/c1-8(2)10(6-12)11(16)13-7-9-4-3-5-14-15-9/h3-5,8,10H,7H2,1-2H3,(H,13,16). The van der Waals surface area contributed by atoms with Crippen LogP contribution in [-0.2, 0) is 11.3 Å². The van der Waals surface area contributed by atoms with Crippen molar-refractivity contribution in [1.82, 2.24) is 15.5 Å². The van der Waals surface area contributed by atoms with Gasteiger partial charge in [-0.25, -0.2) is 0 Å². The van der Waals surface area contributed by atoms with Crippen LogP contribution in [0.4, 0.5) is 0 Å². The second-order valence-electron chi connectivity index (χ2n) is 3.78. The topological polar surface area (TPSA) is 78.7 Å². The normalized spacial score (nSPS) is 11.9. The Morgan fingerprint density at radius 3 is 2.88 bits per heavy atom. The van der Waals surface area contributed by atoms with Crippen molar-refractivity contribution in [2.24, 2.45) is 11.8 Å². The van der Waals surface area contributed by atoms with E-state index in [1.54, 1.807) is 18.3 Å². The summed E-state index contributed by atoms with van der Waals surface area (Å²) in [6.45, 7) is 3.99. The minimum Gasteiger partial charge on any atom is -0.349 e. The summed E-state index contributed by atoms with van der Waals surface area (Å²) in [6.07, 6.45) is 1.57. The summed E-state index contributed by atoms with van der Waals surface area (Å²) >= 11 is 0. The van der Waals surface area contributed by atoms with Gasteiger partial charge in [-0.05, 0) is 18.1 Å². The van der Waals surface area contributed by atoms with Crippen LogP contribution in [0.15, 0.2) is 18.3 Å². The molecule has 16 heavy (non-hydrogen) atoms. The van der Waals surface area contributed by atoms with Crippen LogP contribution in [0, 0.1) is 23.2 Å². The van der Waals surface area contributed by atoms with Crippen molar-refractivity contribution in [2.75, 3.05) is 0 Å². The van der Waals surface area contributed by atoms with Crippen molar-refractivity contribution in [3.8, 4) is 6.07 Å². The van der Waals surface area contributed by atoms with Gasteiger partial charge in [-0.3, -0.25) is 4.79 Å². The fourth-order valence-corrected chi connectivity index (χ4v) is 1.23. The van der Waals surface area contributed by atoms with Gasteiger partial charge in [0.25, 0.3) is 0 Å². The first-order valence-electron chi connectivity index (χ1n) is 5.09. The molecule has 5 heteroatoms. The molecule has 1 N–H and O–H groups in total. The molecule has 84 valence electrons. The molecule has 5 nitrogen and oxygen atoms in total. The predicted octanol–water partition coefficient (Wildman–Crippen LogP) is 0.889. The maximum atomic E-state index is 11.6. The molecule has 0 saturated heterocycles. The van der Waals surface area contributed by atoms with Gasteiger partial charge < -0.3 is 5.32 Å². The second-order valence-corrected chi connectivity index (χ2v) is 3.78. The zero-order valence-electron chi connectivity index (χ0n) is 9.34. The Hall–Kier alpha value is -1.96. The van der Waals surface area contributed by atoms with Crippen molar-refractivity contribution in [2.45, 2.75) is 20.4 Å². The first kappa shape index (κ1) is 12.1. The summed E-state index contributed by atoms with van der Waals surface area (Å²) in [6, 6.07) is 5.51. The third-order valence-electron chi connectivity index (χ3n) is 2.16. The number of carbonyl (C=O) groups is 1. The Bertz CT molecular complexity index is 383. The first-order valence-corrected chi connectivity index (χ1v) is 5.09. The second kappa shape index (κ2) is 5.81. The van der Waals surface area contributed by atoms with Gasteiger partial charge in [0.15, 0.2) is 0 Å². The van der Waals surface area contributed by atoms with E-state index in [1.165, 1.54) is 0 Å². The zero-order chi connectivity index (χ0) is 12.0. The fourth-order valence-electron chi connectivity index (χ4n) is 1.23. The summed E-state index contributed by atoms with van der Waals surface area (Å²) in [5, 5.41) is 19.0. The highest BCUT2D eigenvalue weighted by atomic mass is 16.1. The lowest BCUT2D eigenvalue weighted by atomic mass is 9.97. The highest BCUT2D eigenvalue weighted by Gasteiger charge is 2.21. The maximum Gasteiger partial charge on any atom is 0.237 e. The summed E-state index contributed by atoms with van der Waals surface area (Å²) in [7, 11) is 0. The van der Waals surface area contributed by atoms with Crippen LogP contribution in [0.3, 0.4) is 0 Å². The number of hydrogen-bond acceptors (Lipinski definition) is 4.